The molecule has 1 aromatic carbocycles. The average molecular weight is 407 g/mol. The number of ether oxygens (including phenoxy) is 1. The molecular weight excluding hydrogens is 387 g/mol. The Kier molecular flexibility index (Phi) is 6.42. The maximum Gasteiger partial charge on any atom is 0.175 e. The summed E-state index contributed by atoms with van der Waals surface area (Å²) in [6.45, 7) is 1.55. The Hall–Kier alpha value is -1.22. The number of piperidine rings is 1. The van der Waals surface area contributed by atoms with Crippen LogP contribution in [-0.4, -0.2) is 32.7 Å². The molecule has 0 spiro atoms. The molecule has 0 amide bonds. The number of hydrogen-bond acceptors (Lipinski definition) is 6. The second kappa shape index (κ2) is 7.99. The van der Waals surface area contributed by atoms with E-state index in [-0.39, 0.29) is 23.9 Å². The number of benzene rings is 1. The van der Waals surface area contributed by atoms with Crippen LogP contribution in [0.2, 0.25) is 0 Å². The summed E-state index contributed by atoms with van der Waals surface area (Å²) in [6, 6.07) is 6.21. The third-order valence-electron chi connectivity index (χ3n) is 3.97. The van der Waals surface area contributed by atoms with E-state index in [0.717, 1.165) is 6.26 Å². The number of alkyl halides is 1. The van der Waals surface area contributed by atoms with Crippen LogP contribution in [0.15, 0.2) is 34.5 Å². The van der Waals surface area contributed by atoms with Gasteiger partial charge in [0.15, 0.2) is 15.5 Å². The smallest absolute Gasteiger partial charge is 0.175 e. The van der Waals surface area contributed by atoms with Gasteiger partial charge < -0.3 is 10.1 Å². The zero-order chi connectivity index (χ0) is 17.2. The second-order valence-electron chi connectivity index (χ2n) is 5.89. The van der Waals surface area contributed by atoms with Crippen LogP contribution in [0.5, 0.6) is 5.75 Å². The van der Waals surface area contributed by atoms with Crippen molar-refractivity contribution in [3.8, 4) is 5.75 Å². The average Bonchev–Trinajstić information content (AvgIpc) is 3.03. The molecule has 1 aliphatic heterocycles. The van der Waals surface area contributed by atoms with Gasteiger partial charge >= 0.3 is 0 Å². The molecule has 1 fully saturated rings. The van der Waals surface area contributed by atoms with Gasteiger partial charge in [-0.1, -0.05) is 0 Å². The molecule has 0 radical (unpaired) electrons. The summed E-state index contributed by atoms with van der Waals surface area (Å²) in [7, 11) is -3.22. The molecule has 1 aromatic heterocycles. The van der Waals surface area contributed by atoms with Crippen LogP contribution in [0.1, 0.15) is 23.5 Å². The van der Waals surface area contributed by atoms with Crippen LogP contribution in [0.25, 0.3) is 0 Å². The zero-order valence-electron chi connectivity index (χ0n) is 13.7. The fourth-order valence-corrected chi connectivity index (χ4v) is 4.14. The summed E-state index contributed by atoms with van der Waals surface area (Å²) >= 11 is 1.32. The van der Waals surface area contributed by atoms with Crippen LogP contribution < -0.4 is 10.1 Å². The van der Waals surface area contributed by atoms with E-state index >= 15 is 0 Å². The zero-order valence-corrected chi connectivity index (χ0v) is 16.1. The van der Waals surface area contributed by atoms with E-state index in [1.54, 1.807) is 12.1 Å². The molecule has 2 heterocycles. The minimum atomic E-state index is -3.22. The highest BCUT2D eigenvalue weighted by molar-refractivity contribution is 7.90. The number of rotatable bonds is 5. The fraction of sp³-hybridized carbons (Fsp3) is 0.438. The third kappa shape index (κ3) is 4.91. The van der Waals surface area contributed by atoms with Gasteiger partial charge in [-0.3, -0.25) is 0 Å². The minimum Gasteiger partial charge on any atom is -0.487 e. The predicted molar refractivity (Wildman–Crippen MR) is 98.1 cm³/mol. The lowest BCUT2D eigenvalue weighted by Crippen LogP contribution is -2.36. The Bertz CT molecular complexity index is 803. The molecule has 25 heavy (non-hydrogen) atoms. The van der Waals surface area contributed by atoms with E-state index in [1.807, 2.05) is 5.38 Å². The van der Waals surface area contributed by atoms with Crippen LogP contribution >= 0.6 is 23.7 Å². The first-order valence-electron chi connectivity index (χ1n) is 7.64. The first-order valence-corrected chi connectivity index (χ1v) is 10.4. The summed E-state index contributed by atoms with van der Waals surface area (Å²) in [5, 5.41) is 5.47. The van der Waals surface area contributed by atoms with Gasteiger partial charge in [0.05, 0.1) is 10.6 Å². The van der Waals surface area contributed by atoms with E-state index in [0.29, 0.717) is 42.4 Å². The number of nitrogens with zero attached hydrogens (tertiary/aromatic N) is 1. The second-order valence-corrected chi connectivity index (χ2v) is 8.77. The van der Waals surface area contributed by atoms with Gasteiger partial charge in [-0.05, 0) is 37.4 Å². The van der Waals surface area contributed by atoms with Crippen LogP contribution in [0, 0.1) is 0 Å². The Balaban J connectivity index is 0.00000225. The van der Waals surface area contributed by atoms with Crippen molar-refractivity contribution < 1.29 is 17.5 Å². The monoisotopic (exact) mass is 406 g/mol. The minimum absolute atomic E-state index is 0. The molecule has 1 aliphatic rings. The molecular formula is C16H20ClFN2O3S2. The third-order valence-corrected chi connectivity index (χ3v) is 6.17. The summed E-state index contributed by atoms with van der Waals surface area (Å²) in [5.74, 6) is 0.550. The molecule has 5 nitrogen and oxygen atoms in total. The van der Waals surface area contributed by atoms with Crippen molar-refractivity contribution in [2.24, 2.45) is 0 Å². The topological polar surface area (TPSA) is 68.3 Å². The van der Waals surface area contributed by atoms with Crippen molar-refractivity contribution in [1.82, 2.24) is 10.3 Å². The molecule has 3 rings (SSSR count). The van der Waals surface area contributed by atoms with Gasteiger partial charge in [0, 0.05) is 24.5 Å². The van der Waals surface area contributed by atoms with Crippen LogP contribution in [0.4, 0.5) is 4.39 Å². The summed E-state index contributed by atoms with van der Waals surface area (Å²) < 4.78 is 43.3. The number of halogens is 2. The molecule has 138 valence electrons. The van der Waals surface area contributed by atoms with Crippen molar-refractivity contribution >= 4 is 33.6 Å². The van der Waals surface area contributed by atoms with E-state index in [9.17, 15) is 12.8 Å². The summed E-state index contributed by atoms with van der Waals surface area (Å²) in [5.41, 5.74) is -0.663. The lowest BCUT2D eigenvalue weighted by molar-refractivity contribution is 0.114. The maximum atomic E-state index is 14.8. The van der Waals surface area contributed by atoms with Gasteiger partial charge in [-0.25, -0.2) is 17.8 Å². The van der Waals surface area contributed by atoms with Gasteiger partial charge in [-0.15, -0.1) is 23.7 Å². The van der Waals surface area contributed by atoms with Crippen molar-refractivity contribution in [3.05, 3.63) is 40.3 Å². The highest BCUT2D eigenvalue weighted by Crippen LogP contribution is 2.36. The first-order chi connectivity index (χ1) is 11.4. The van der Waals surface area contributed by atoms with Gasteiger partial charge in [-0.2, -0.15) is 0 Å². The number of thiazole rings is 1. The molecule has 0 aliphatic carbocycles. The lowest BCUT2D eigenvalue weighted by atomic mass is 9.95. The SMILES string of the molecule is CS(=O)(=O)c1ccc(OCc2csc(C3(F)CCNCC3)n2)cc1.Cl. The van der Waals surface area contributed by atoms with Gasteiger partial charge in [0.2, 0.25) is 0 Å². The lowest BCUT2D eigenvalue weighted by Gasteiger charge is -2.27. The maximum absolute atomic E-state index is 14.8. The van der Waals surface area contributed by atoms with Crippen molar-refractivity contribution in [1.29, 1.82) is 0 Å². The number of sulfone groups is 1. The number of nitrogens with one attached hydrogen (secondary N) is 1. The Labute approximate surface area is 157 Å². The standard InChI is InChI=1S/C16H19FN2O3S2.ClH/c1-24(20,21)14-4-2-13(3-5-14)22-10-12-11-23-15(19-12)16(17)6-8-18-9-7-16;/h2-5,11,18H,6-10H2,1H3;1H. The quantitative estimate of drug-likeness (QED) is 0.826. The molecule has 1 N–H and O–H groups in total. The van der Waals surface area contributed by atoms with E-state index in [4.69, 9.17) is 4.74 Å². The van der Waals surface area contributed by atoms with E-state index in [1.165, 1.54) is 23.5 Å². The Morgan fingerprint density at radius 2 is 1.92 bits per heavy atom. The largest absolute Gasteiger partial charge is 0.487 e. The van der Waals surface area contributed by atoms with E-state index in [2.05, 4.69) is 10.3 Å². The summed E-state index contributed by atoms with van der Waals surface area (Å²) in [4.78, 5) is 4.62. The van der Waals surface area contributed by atoms with E-state index < -0.39 is 15.5 Å². The molecule has 0 unspecified atom stereocenters. The fourth-order valence-electron chi connectivity index (χ4n) is 2.56. The van der Waals surface area contributed by atoms with Crippen molar-refractivity contribution in [2.45, 2.75) is 30.0 Å². The van der Waals surface area contributed by atoms with Crippen LogP contribution in [0.3, 0.4) is 0 Å². The molecule has 2 aromatic rings. The number of aromatic nitrogens is 1. The van der Waals surface area contributed by atoms with Crippen LogP contribution in [-0.2, 0) is 22.1 Å². The molecule has 0 bridgehead atoms. The Morgan fingerprint density at radius 3 is 2.52 bits per heavy atom. The number of hydrogen-bond donors (Lipinski definition) is 1. The van der Waals surface area contributed by atoms with Crippen molar-refractivity contribution in [2.75, 3.05) is 19.3 Å². The Morgan fingerprint density at radius 1 is 1.28 bits per heavy atom. The molecule has 9 heteroatoms. The summed E-state index contributed by atoms with van der Waals surface area (Å²) in [6.07, 6.45) is 2.04. The molecule has 0 atom stereocenters. The van der Waals surface area contributed by atoms with Gasteiger partial charge in [0.1, 0.15) is 17.4 Å². The highest BCUT2D eigenvalue weighted by atomic mass is 35.5. The predicted octanol–water partition coefficient (Wildman–Crippen LogP) is 3.10. The highest BCUT2D eigenvalue weighted by Gasteiger charge is 2.36. The molecule has 0 saturated carbocycles. The van der Waals surface area contributed by atoms with Gasteiger partial charge in [0.25, 0.3) is 0 Å². The normalized spacial score (nSPS) is 16.9. The first kappa shape index (κ1) is 20.1. The van der Waals surface area contributed by atoms with Crippen molar-refractivity contribution in [3.63, 3.8) is 0 Å². The molecule has 1 saturated heterocycles.